The van der Waals surface area contributed by atoms with Gasteiger partial charge in [0.2, 0.25) is 11.8 Å². The summed E-state index contributed by atoms with van der Waals surface area (Å²) in [6.07, 6.45) is 65.4. The Balaban J connectivity index is 4.95. The summed E-state index contributed by atoms with van der Waals surface area (Å²) in [6, 6.07) is 0. The van der Waals surface area contributed by atoms with E-state index in [9.17, 15) is 19.8 Å². The van der Waals surface area contributed by atoms with Gasteiger partial charge in [0.05, 0.1) is 25.3 Å². The summed E-state index contributed by atoms with van der Waals surface area (Å²) < 4.78 is 0. The van der Waals surface area contributed by atoms with Crippen LogP contribution < -0.4 is 21.3 Å². The number of aliphatic hydroxyl groups is 2. The number of hydrogen-bond donors (Lipinski definition) is 6. The van der Waals surface area contributed by atoms with Gasteiger partial charge in [-0.25, -0.2) is 0 Å². The van der Waals surface area contributed by atoms with Gasteiger partial charge in [-0.3, -0.25) is 9.59 Å². The number of hydrogen-bond acceptors (Lipinski definition) is 7. The molecule has 9 heteroatoms. The van der Waals surface area contributed by atoms with E-state index in [0.29, 0.717) is 25.6 Å². The summed E-state index contributed by atoms with van der Waals surface area (Å²) in [5.41, 5.74) is 0. The van der Waals surface area contributed by atoms with E-state index in [1.807, 2.05) is 0 Å². The van der Waals surface area contributed by atoms with Gasteiger partial charge < -0.3 is 36.4 Å². The van der Waals surface area contributed by atoms with Crippen molar-refractivity contribution in [1.82, 2.24) is 26.2 Å². The third-order valence-corrected chi connectivity index (χ3v) is 16.8. The maximum Gasteiger partial charge on any atom is 0.233 e. The second kappa shape index (κ2) is 64.9. The highest BCUT2D eigenvalue weighted by atomic mass is 16.3. The van der Waals surface area contributed by atoms with Crippen LogP contribution in [0.5, 0.6) is 0 Å². The number of nitrogens with zero attached hydrogens (tertiary/aromatic N) is 1. The molecule has 3 atom stereocenters. The number of carbonyl (C=O) groups is 2. The highest BCUT2D eigenvalue weighted by Gasteiger charge is 2.15. The molecule has 0 aliphatic rings. The van der Waals surface area contributed by atoms with E-state index in [0.717, 1.165) is 58.3 Å². The quantitative estimate of drug-likeness (QED) is 0.0335. The Bertz CT molecular complexity index is 1180. The second-order valence-corrected chi connectivity index (χ2v) is 24.8. The van der Waals surface area contributed by atoms with E-state index in [1.165, 1.54) is 295 Å². The first kappa shape index (κ1) is 76.7. The molecule has 0 rings (SSSR count). The van der Waals surface area contributed by atoms with Crippen molar-refractivity contribution >= 4 is 11.8 Å². The van der Waals surface area contributed by atoms with Gasteiger partial charge in [0.1, 0.15) is 0 Å². The molecule has 466 valence electrons. The van der Waals surface area contributed by atoms with Crippen LogP contribution in [0.15, 0.2) is 0 Å². The second-order valence-electron chi connectivity index (χ2n) is 24.8. The van der Waals surface area contributed by atoms with Crippen molar-refractivity contribution in [1.29, 1.82) is 0 Å². The molecular formula is C69H141N5O4. The normalized spacial score (nSPS) is 12.9. The standard InChI is InChI=1S/C69H141N5O4/c1-5-9-13-17-21-25-29-31-33-37-41-46-52-65(54-55-66(75)60-70-62-68(77)72-56-48-42-38-34-27-23-19-15-11-7-3)53-47-45-51-59-74(58-50-44-40-36-32-30-26-22-18-14-10-6-2)64-67(76)61-71-63-69(78)73-57-49-43-39-35-28-24-20-16-12-8-4/h65-67,70-71,75-76H,5-64H2,1-4H3,(H,72,77)(H,73,78). The van der Waals surface area contributed by atoms with Crippen molar-refractivity contribution in [2.75, 3.05) is 58.9 Å². The van der Waals surface area contributed by atoms with Crippen molar-refractivity contribution in [3.63, 3.8) is 0 Å². The number of carbonyl (C=O) groups excluding carboxylic acids is 2. The molecule has 0 aromatic rings. The first-order valence-electron chi connectivity index (χ1n) is 35.4. The molecule has 0 saturated heterocycles. The number of nitrogens with one attached hydrogen (secondary N) is 4. The number of aliphatic hydroxyl groups excluding tert-OH is 2. The highest BCUT2D eigenvalue weighted by Crippen LogP contribution is 2.24. The Morgan fingerprint density at radius 1 is 0.321 bits per heavy atom. The lowest BCUT2D eigenvalue weighted by atomic mass is 9.89. The van der Waals surface area contributed by atoms with Gasteiger partial charge in [0, 0.05) is 32.7 Å². The Morgan fingerprint density at radius 3 is 0.923 bits per heavy atom. The fraction of sp³-hybridized carbons (Fsp3) is 0.971. The SMILES string of the molecule is CCCCCCCCCCCCCCC(CCCCCN(CCCCCCCCCCCCCC)CC(O)CNCC(=O)NCCCCCCCCCCCC)CCC(O)CNCC(=O)NCCCCCCCCCCCC. The minimum absolute atomic E-state index is 0.0315. The predicted molar refractivity (Wildman–Crippen MR) is 342 cm³/mol. The predicted octanol–water partition coefficient (Wildman–Crippen LogP) is 18.0. The minimum Gasteiger partial charge on any atom is -0.392 e. The van der Waals surface area contributed by atoms with Gasteiger partial charge in [0.25, 0.3) is 0 Å². The lowest BCUT2D eigenvalue weighted by molar-refractivity contribution is -0.121. The molecule has 78 heavy (non-hydrogen) atoms. The molecule has 9 nitrogen and oxygen atoms in total. The first-order chi connectivity index (χ1) is 38.4. The zero-order valence-electron chi connectivity index (χ0n) is 53.3. The van der Waals surface area contributed by atoms with Gasteiger partial charge in [-0.15, -0.1) is 0 Å². The van der Waals surface area contributed by atoms with Crippen LogP contribution in [-0.4, -0.2) is 98.0 Å². The minimum atomic E-state index is -0.498. The van der Waals surface area contributed by atoms with Crippen LogP contribution in [0.3, 0.4) is 0 Å². The largest absolute Gasteiger partial charge is 0.392 e. The van der Waals surface area contributed by atoms with Crippen LogP contribution in [0.2, 0.25) is 0 Å². The Hall–Kier alpha value is -1.26. The fourth-order valence-corrected chi connectivity index (χ4v) is 11.5. The molecule has 0 aromatic heterocycles. The van der Waals surface area contributed by atoms with E-state index in [-0.39, 0.29) is 24.9 Å². The summed E-state index contributed by atoms with van der Waals surface area (Å²) in [7, 11) is 0. The monoisotopic (exact) mass is 1100 g/mol. The number of amides is 2. The van der Waals surface area contributed by atoms with Crippen molar-refractivity contribution in [3.05, 3.63) is 0 Å². The molecule has 0 fully saturated rings. The van der Waals surface area contributed by atoms with Crippen LogP contribution in [-0.2, 0) is 9.59 Å². The fourth-order valence-electron chi connectivity index (χ4n) is 11.5. The summed E-state index contributed by atoms with van der Waals surface area (Å²) in [5, 5.41) is 34.9. The van der Waals surface area contributed by atoms with Crippen LogP contribution in [0, 0.1) is 5.92 Å². The Labute approximate surface area is 487 Å². The van der Waals surface area contributed by atoms with Crippen molar-refractivity contribution in [2.45, 2.75) is 367 Å². The molecule has 3 unspecified atom stereocenters. The van der Waals surface area contributed by atoms with Crippen LogP contribution in [0.25, 0.3) is 0 Å². The zero-order chi connectivity index (χ0) is 56.7. The first-order valence-corrected chi connectivity index (χ1v) is 35.4. The highest BCUT2D eigenvalue weighted by molar-refractivity contribution is 5.78. The smallest absolute Gasteiger partial charge is 0.233 e. The molecular weight excluding hydrogens is 963 g/mol. The lowest BCUT2D eigenvalue weighted by Crippen LogP contribution is -2.42. The van der Waals surface area contributed by atoms with Crippen LogP contribution >= 0.6 is 0 Å². The zero-order valence-corrected chi connectivity index (χ0v) is 53.3. The van der Waals surface area contributed by atoms with Crippen molar-refractivity contribution in [3.8, 4) is 0 Å². The lowest BCUT2D eigenvalue weighted by Gasteiger charge is -2.25. The Kier molecular flexibility index (Phi) is 63.9. The van der Waals surface area contributed by atoms with E-state index >= 15 is 0 Å². The maximum atomic E-state index is 12.6. The van der Waals surface area contributed by atoms with Gasteiger partial charge in [-0.1, -0.05) is 317 Å². The van der Waals surface area contributed by atoms with Crippen molar-refractivity contribution < 1.29 is 19.8 Å². The van der Waals surface area contributed by atoms with Crippen LogP contribution in [0.1, 0.15) is 355 Å². The molecule has 6 N–H and O–H groups in total. The average molecular weight is 1100 g/mol. The third kappa shape index (κ3) is 60.8. The average Bonchev–Trinajstić information content (AvgIpc) is 3.43. The van der Waals surface area contributed by atoms with E-state index in [4.69, 9.17) is 0 Å². The molecule has 2 amide bonds. The maximum absolute atomic E-state index is 12.6. The van der Waals surface area contributed by atoms with Gasteiger partial charge in [-0.05, 0) is 57.5 Å². The number of unbranched alkanes of at least 4 members (excludes halogenated alkanes) is 42. The molecule has 0 aromatic carbocycles. The summed E-state index contributed by atoms with van der Waals surface area (Å²) in [5.74, 6) is 0.698. The van der Waals surface area contributed by atoms with E-state index in [1.54, 1.807) is 0 Å². The molecule has 0 aliphatic carbocycles. The van der Waals surface area contributed by atoms with Gasteiger partial charge in [0.15, 0.2) is 0 Å². The summed E-state index contributed by atoms with van der Waals surface area (Å²) >= 11 is 0. The topological polar surface area (TPSA) is 126 Å². The van der Waals surface area contributed by atoms with Crippen LogP contribution in [0.4, 0.5) is 0 Å². The van der Waals surface area contributed by atoms with Gasteiger partial charge >= 0.3 is 0 Å². The number of rotatable bonds is 67. The molecule has 0 saturated carbocycles. The summed E-state index contributed by atoms with van der Waals surface area (Å²) in [6.45, 7) is 14.8. The molecule has 0 aliphatic heterocycles. The van der Waals surface area contributed by atoms with E-state index < -0.39 is 12.2 Å². The third-order valence-electron chi connectivity index (χ3n) is 16.8. The van der Waals surface area contributed by atoms with E-state index in [2.05, 4.69) is 53.9 Å². The summed E-state index contributed by atoms with van der Waals surface area (Å²) in [4.78, 5) is 27.6. The molecule has 0 spiro atoms. The van der Waals surface area contributed by atoms with Gasteiger partial charge in [-0.2, -0.15) is 0 Å². The molecule has 0 bridgehead atoms. The van der Waals surface area contributed by atoms with Crippen molar-refractivity contribution in [2.24, 2.45) is 5.92 Å². The Morgan fingerprint density at radius 2 is 0.590 bits per heavy atom. The molecule has 0 radical (unpaired) electrons. The molecule has 0 heterocycles.